The molecule has 1 aliphatic rings. The summed E-state index contributed by atoms with van der Waals surface area (Å²) in [5.41, 5.74) is 1.87. The van der Waals surface area contributed by atoms with Crippen molar-refractivity contribution < 1.29 is 9.72 Å². The average Bonchev–Trinajstić information content (AvgIpc) is 3.20. The number of hydrogen-bond acceptors (Lipinski definition) is 5. The van der Waals surface area contributed by atoms with Crippen molar-refractivity contribution in [2.45, 2.75) is 25.3 Å². The quantitative estimate of drug-likeness (QED) is 0.555. The molecule has 7 heteroatoms. The van der Waals surface area contributed by atoms with Crippen LogP contribution in [-0.2, 0) is 11.2 Å². The molecule has 0 saturated carbocycles. The number of benzene rings is 1. The smallest absolute Gasteiger partial charge is 0.269 e. The van der Waals surface area contributed by atoms with E-state index in [1.165, 1.54) is 25.0 Å². The highest BCUT2D eigenvalue weighted by atomic mass is 16.6. The first-order chi connectivity index (χ1) is 13.0. The van der Waals surface area contributed by atoms with Crippen molar-refractivity contribution in [3.05, 3.63) is 70.0 Å². The molecule has 0 aliphatic carbocycles. The number of non-ortho nitro benzene ring substituents is 1. The van der Waals surface area contributed by atoms with Crippen LogP contribution in [0.1, 0.15) is 30.0 Å². The number of carbonyl (C=O) groups is 1. The molecular weight excluding hydrogens is 344 g/mol. The Morgan fingerprint density at radius 2 is 1.81 bits per heavy atom. The van der Waals surface area contributed by atoms with E-state index < -0.39 is 4.92 Å². The van der Waals surface area contributed by atoms with Crippen molar-refractivity contribution in [2.24, 2.45) is 0 Å². The van der Waals surface area contributed by atoms with Crippen LogP contribution in [-0.4, -0.2) is 52.3 Å². The molecule has 0 bridgehead atoms. The lowest BCUT2D eigenvalue weighted by Crippen LogP contribution is -2.39. The number of nitro benzene ring substituents is 1. The molecule has 2 aromatic rings. The van der Waals surface area contributed by atoms with E-state index in [9.17, 15) is 14.9 Å². The van der Waals surface area contributed by atoms with Crippen molar-refractivity contribution in [1.29, 1.82) is 0 Å². The molecule has 1 saturated heterocycles. The topological polar surface area (TPSA) is 79.6 Å². The predicted molar refractivity (Wildman–Crippen MR) is 102 cm³/mol. The molecule has 27 heavy (non-hydrogen) atoms. The van der Waals surface area contributed by atoms with Crippen molar-refractivity contribution >= 4 is 11.6 Å². The number of pyridine rings is 1. The molecule has 0 spiro atoms. The molecule has 0 N–H and O–H groups in total. The minimum absolute atomic E-state index is 0.00939. The summed E-state index contributed by atoms with van der Waals surface area (Å²) in [5, 5.41) is 10.8. The van der Waals surface area contributed by atoms with Gasteiger partial charge in [-0.2, -0.15) is 0 Å². The van der Waals surface area contributed by atoms with Crippen LogP contribution in [0, 0.1) is 10.1 Å². The van der Waals surface area contributed by atoms with Gasteiger partial charge in [0.05, 0.1) is 17.4 Å². The molecule has 3 rings (SSSR count). The first kappa shape index (κ1) is 19.0. The Morgan fingerprint density at radius 3 is 2.41 bits per heavy atom. The summed E-state index contributed by atoms with van der Waals surface area (Å²) in [6.07, 6.45) is 6.12. The Balaban J connectivity index is 1.72. The number of nitro groups is 1. The van der Waals surface area contributed by atoms with E-state index in [0.717, 1.165) is 30.8 Å². The maximum atomic E-state index is 12.9. The van der Waals surface area contributed by atoms with E-state index in [4.69, 9.17) is 0 Å². The summed E-state index contributed by atoms with van der Waals surface area (Å²) < 4.78 is 0. The Labute approximate surface area is 158 Å². The molecule has 1 aromatic carbocycles. The lowest BCUT2D eigenvalue weighted by atomic mass is 10.0. The van der Waals surface area contributed by atoms with Gasteiger partial charge in [0, 0.05) is 38.1 Å². The van der Waals surface area contributed by atoms with Gasteiger partial charge in [-0.05, 0) is 49.2 Å². The lowest BCUT2D eigenvalue weighted by Gasteiger charge is -2.32. The van der Waals surface area contributed by atoms with Gasteiger partial charge in [0.1, 0.15) is 0 Å². The van der Waals surface area contributed by atoms with Crippen molar-refractivity contribution in [3.63, 3.8) is 0 Å². The second kappa shape index (κ2) is 8.73. The molecule has 142 valence electrons. The highest BCUT2D eigenvalue weighted by molar-refractivity contribution is 5.79. The zero-order chi connectivity index (χ0) is 19.2. The van der Waals surface area contributed by atoms with Crippen molar-refractivity contribution in [3.8, 4) is 0 Å². The third-order valence-corrected chi connectivity index (χ3v) is 5.08. The van der Waals surface area contributed by atoms with Gasteiger partial charge in [-0.3, -0.25) is 19.9 Å². The van der Waals surface area contributed by atoms with E-state index in [2.05, 4.69) is 9.88 Å². The van der Waals surface area contributed by atoms with Crippen molar-refractivity contribution in [2.75, 3.05) is 26.7 Å². The minimum atomic E-state index is -0.437. The monoisotopic (exact) mass is 368 g/mol. The Hall–Kier alpha value is -2.80. The van der Waals surface area contributed by atoms with Gasteiger partial charge in [-0.15, -0.1) is 0 Å². The first-order valence-corrected chi connectivity index (χ1v) is 9.16. The first-order valence-electron chi connectivity index (χ1n) is 9.16. The zero-order valence-corrected chi connectivity index (χ0v) is 15.5. The maximum absolute atomic E-state index is 12.9. The fourth-order valence-corrected chi connectivity index (χ4v) is 3.46. The van der Waals surface area contributed by atoms with Gasteiger partial charge < -0.3 is 9.80 Å². The summed E-state index contributed by atoms with van der Waals surface area (Å²) in [7, 11) is 1.83. The second-order valence-corrected chi connectivity index (χ2v) is 6.91. The summed E-state index contributed by atoms with van der Waals surface area (Å²) >= 11 is 0. The number of nitrogens with zero attached hydrogens (tertiary/aromatic N) is 4. The molecular formula is C20H24N4O3. The fourth-order valence-electron chi connectivity index (χ4n) is 3.46. The lowest BCUT2D eigenvalue weighted by molar-refractivity contribution is -0.384. The van der Waals surface area contributed by atoms with Crippen LogP contribution in [0.3, 0.4) is 0 Å². The highest BCUT2D eigenvalue weighted by Crippen LogP contribution is 2.23. The number of carbonyl (C=O) groups excluding carboxylic acids is 1. The summed E-state index contributed by atoms with van der Waals surface area (Å²) in [6, 6.07) is 10.0. The second-order valence-electron chi connectivity index (χ2n) is 6.91. The van der Waals surface area contributed by atoms with Crippen LogP contribution in [0.25, 0.3) is 0 Å². The number of likely N-dealkylation sites (tertiary alicyclic amines) is 1. The van der Waals surface area contributed by atoms with E-state index >= 15 is 0 Å². The number of rotatable bonds is 7. The number of hydrogen-bond donors (Lipinski definition) is 0. The van der Waals surface area contributed by atoms with Gasteiger partial charge in [-0.1, -0.05) is 12.1 Å². The third-order valence-electron chi connectivity index (χ3n) is 5.08. The Morgan fingerprint density at radius 1 is 1.19 bits per heavy atom. The summed E-state index contributed by atoms with van der Waals surface area (Å²) in [5.74, 6) is -0.00939. The largest absolute Gasteiger partial charge is 0.337 e. The summed E-state index contributed by atoms with van der Waals surface area (Å²) in [4.78, 5) is 31.5. The standard InChI is InChI=1S/C20H24N4O3/c1-22(20(25)14-16-4-6-18(7-5-16)24(26)27)19(15-23-12-2-3-13-23)17-8-10-21-11-9-17/h4-11,19H,2-3,12-15H2,1H3. The highest BCUT2D eigenvalue weighted by Gasteiger charge is 2.25. The van der Waals surface area contributed by atoms with Crippen LogP contribution >= 0.6 is 0 Å². The van der Waals surface area contributed by atoms with E-state index in [1.807, 2.05) is 19.2 Å². The molecule has 1 fully saturated rings. The molecule has 2 heterocycles. The molecule has 7 nitrogen and oxygen atoms in total. The molecule has 1 amide bonds. The van der Waals surface area contributed by atoms with Gasteiger partial charge in [0.15, 0.2) is 0 Å². The normalized spacial score (nSPS) is 15.4. The van der Waals surface area contributed by atoms with E-state index in [0.29, 0.717) is 0 Å². The van der Waals surface area contributed by atoms with Gasteiger partial charge in [0.2, 0.25) is 5.91 Å². The van der Waals surface area contributed by atoms with Crippen LogP contribution in [0.15, 0.2) is 48.8 Å². The molecule has 1 unspecified atom stereocenters. The van der Waals surface area contributed by atoms with E-state index in [1.54, 1.807) is 29.4 Å². The SMILES string of the molecule is CN(C(=O)Cc1ccc([N+](=O)[O-])cc1)C(CN1CCCC1)c1ccncc1. The average molecular weight is 368 g/mol. The molecule has 1 aliphatic heterocycles. The number of aromatic nitrogens is 1. The van der Waals surface area contributed by atoms with Crippen molar-refractivity contribution in [1.82, 2.24) is 14.8 Å². The number of amides is 1. The summed E-state index contributed by atoms with van der Waals surface area (Å²) in [6.45, 7) is 2.92. The Bertz CT molecular complexity index is 774. The predicted octanol–water partition coefficient (Wildman–Crippen LogP) is 2.83. The van der Waals surface area contributed by atoms with Crippen LogP contribution in [0.2, 0.25) is 0 Å². The molecule has 1 atom stereocenters. The minimum Gasteiger partial charge on any atom is -0.337 e. The number of likely N-dealkylation sites (N-methyl/N-ethyl adjacent to an activating group) is 1. The third kappa shape index (κ3) is 4.89. The zero-order valence-electron chi connectivity index (χ0n) is 15.5. The van der Waals surface area contributed by atoms with Crippen LogP contribution in [0.5, 0.6) is 0 Å². The van der Waals surface area contributed by atoms with Gasteiger partial charge in [-0.25, -0.2) is 0 Å². The van der Waals surface area contributed by atoms with Gasteiger partial charge in [0.25, 0.3) is 5.69 Å². The fraction of sp³-hybridized carbons (Fsp3) is 0.400. The van der Waals surface area contributed by atoms with Crippen LogP contribution in [0.4, 0.5) is 5.69 Å². The molecule has 0 radical (unpaired) electrons. The van der Waals surface area contributed by atoms with Gasteiger partial charge >= 0.3 is 0 Å². The van der Waals surface area contributed by atoms with E-state index in [-0.39, 0.29) is 24.1 Å². The van der Waals surface area contributed by atoms with Crippen LogP contribution < -0.4 is 0 Å². The molecule has 1 aromatic heterocycles. The maximum Gasteiger partial charge on any atom is 0.269 e. The Kier molecular flexibility index (Phi) is 6.13.